The summed E-state index contributed by atoms with van der Waals surface area (Å²) in [5, 5.41) is 2.71. The van der Waals surface area contributed by atoms with Crippen molar-refractivity contribution in [3.8, 4) is 0 Å². The highest BCUT2D eigenvalue weighted by molar-refractivity contribution is 7.80. The van der Waals surface area contributed by atoms with Gasteiger partial charge in [0, 0.05) is 12.1 Å². The lowest BCUT2D eigenvalue weighted by molar-refractivity contribution is -0.137. The van der Waals surface area contributed by atoms with Crippen molar-refractivity contribution in [1.82, 2.24) is 0 Å². The van der Waals surface area contributed by atoms with Gasteiger partial charge in [-0.3, -0.25) is 0 Å². The first-order valence-corrected chi connectivity index (χ1v) is 7.55. The van der Waals surface area contributed by atoms with Crippen LogP contribution in [0.1, 0.15) is 44.6 Å². The second kappa shape index (κ2) is 8.73. The Bertz CT molecular complexity index is 527. The SMILES string of the molecule is CCCCCCC(N)=NC(=S)Nc1cccc(C(F)(F)F)c1. The van der Waals surface area contributed by atoms with Gasteiger partial charge in [-0.1, -0.05) is 32.3 Å². The Balaban J connectivity index is 2.57. The molecule has 1 aromatic carbocycles. The number of nitrogens with zero attached hydrogens (tertiary/aromatic N) is 1. The van der Waals surface area contributed by atoms with Crippen molar-refractivity contribution in [2.45, 2.75) is 45.2 Å². The number of thiocarbonyl (C=S) groups is 1. The van der Waals surface area contributed by atoms with Gasteiger partial charge in [0.05, 0.1) is 5.56 Å². The van der Waals surface area contributed by atoms with E-state index in [1.165, 1.54) is 12.1 Å². The average Bonchev–Trinajstić information content (AvgIpc) is 2.43. The summed E-state index contributed by atoms with van der Waals surface area (Å²) in [7, 11) is 0. The number of unbranched alkanes of at least 4 members (excludes halogenated alkanes) is 3. The number of nitrogens with one attached hydrogen (secondary N) is 1. The molecule has 1 aromatic rings. The maximum Gasteiger partial charge on any atom is 0.416 e. The van der Waals surface area contributed by atoms with Gasteiger partial charge in [0.15, 0.2) is 5.11 Å². The quantitative estimate of drug-likeness (QED) is 0.343. The van der Waals surface area contributed by atoms with E-state index in [2.05, 4.69) is 17.2 Å². The molecule has 0 aromatic heterocycles. The maximum atomic E-state index is 12.6. The first kappa shape index (κ1) is 18.4. The van der Waals surface area contributed by atoms with Crippen LogP contribution in [0.25, 0.3) is 0 Å². The van der Waals surface area contributed by atoms with E-state index >= 15 is 0 Å². The molecule has 0 aliphatic carbocycles. The molecule has 22 heavy (non-hydrogen) atoms. The number of halogens is 3. The summed E-state index contributed by atoms with van der Waals surface area (Å²) >= 11 is 4.99. The molecule has 0 spiro atoms. The standard InChI is InChI=1S/C15H20F3N3S/c1-2-3-4-5-9-13(19)21-14(22)20-12-8-6-7-11(10-12)15(16,17)18/h6-8,10H,2-5,9H2,1H3,(H3,19,20,21,22). The van der Waals surface area contributed by atoms with Crippen molar-refractivity contribution in [2.24, 2.45) is 10.7 Å². The van der Waals surface area contributed by atoms with Gasteiger partial charge in [0.25, 0.3) is 0 Å². The van der Waals surface area contributed by atoms with Crippen LogP contribution < -0.4 is 11.1 Å². The van der Waals surface area contributed by atoms with E-state index in [1.54, 1.807) is 0 Å². The Morgan fingerprint density at radius 2 is 2.00 bits per heavy atom. The van der Waals surface area contributed by atoms with E-state index < -0.39 is 11.7 Å². The summed E-state index contributed by atoms with van der Waals surface area (Å²) in [5.74, 6) is 0.389. The van der Waals surface area contributed by atoms with Crippen molar-refractivity contribution in [3.05, 3.63) is 29.8 Å². The van der Waals surface area contributed by atoms with Crippen molar-refractivity contribution >= 4 is 28.9 Å². The van der Waals surface area contributed by atoms with Crippen molar-refractivity contribution < 1.29 is 13.2 Å². The molecule has 0 unspecified atom stereocenters. The van der Waals surface area contributed by atoms with Gasteiger partial charge in [-0.15, -0.1) is 0 Å². The maximum absolute atomic E-state index is 12.6. The van der Waals surface area contributed by atoms with E-state index in [1.807, 2.05) is 0 Å². The Hall–Kier alpha value is -1.63. The molecule has 3 N–H and O–H groups in total. The number of rotatable bonds is 6. The summed E-state index contributed by atoms with van der Waals surface area (Å²) < 4.78 is 37.8. The van der Waals surface area contributed by atoms with Crippen LogP contribution in [-0.4, -0.2) is 10.9 Å². The van der Waals surface area contributed by atoms with Gasteiger partial charge in [-0.2, -0.15) is 13.2 Å². The zero-order valence-corrected chi connectivity index (χ0v) is 13.2. The first-order valence-electron chi connectivity index (χ1n) is 7.14. The third-order valence-electron chi connectivity index (χ3n) is 2.97. The fourth-order valence-electron chi connectivity index (χ4n) is 1.84. The van der Waals surface area contributed by atoms with E-state index in [0.29, 0.717) is 12.3 Å². The predicted octanol–water partition coefficient (Wildman–Crippen LogP) is 4.73. The Labute approximate surface area is 133 Å². The van der Waals surface area contributed by atoms with Gasteiger partial charge >= 0.3 is 6.18 Å². The molecule has 3 nitrogen and oxygen atoms in total. The van der Waals surface area contributed by atoms with Crippen LogP contribution in [0.5, 0.6) is 0 Å². The van der Waals surface area contributed by atoms with Crippen LogP contribution >= 0.6 is 12.2 Å². The fourth-order valence-corrected chi connectivity index (χ4v) is 2.08. The molecular formula is C15H20F3N3S. The molecule has 0 saturated heterocycles. The topological polar surface area (TPSA) is 50.4 Å². The Morgan fingerprint density at radius 1 is 1.27 bits per heavy atom. The molecule has 0 heterocycles. The molecule has 0 aliphatic heterocycles. The van der Waals surface area contributed by atoms with E-state index in [-0.39, 0.29) is 10.8 Å². The highest BCUT2D eigenvalue weighted by Crippen LogP contribution is 2.30. The lowest BCUT2D eigenvalue weighted by Crippen LogP contribution is -2.17. The van der Waals surface area contributed by atoms with Crippen LogP contribution in [-0.2, 0) is 6.18 Å². The number of aliphatic imine (C=N–C) groups is 1. The zero-order chi connectivity index (χ0) is 16.6. The van der Waals surface area contributed by atoms with Gasteiger partial charge in [0.2, 0.25) is 0 Å². The van der Waals surface area contributed by atoms with Crippen LogP contribution in [0.4, 0.5) is 18.9 Å². The minimum Gasteiger partial charge on any atom is -0.387 e. The summed E-state index contributed by atoms with van der Waals surface area (Å²) in [6, 6.07) is 4.79. The smallest absolute Gasteiger partial charge is 0.387 e. The molecule has 0 fully saturated rings. The van der Waals surface area contributed by atoms with Gasteiger partial charge < -0.3 is 11.1 Å². The van der Waals surface area contributed by atoms with Crippen LogP contribution in [0.3, 0.4) is 0 Å². The fraction of sp³-hybridized carbons (Fsp3) is 0.467. The van der Waals surface area contributed by atoms with Gasteiger partial charge in [-0.05, 0) is 36.8 Å². The third-order valence-corrected chi connectivity index (χ3v) is 3.17. The Morgan fingerprint density at radius 3 is 2.64 bits per heavy atom. The van der Waals surface area contributed by atoms with Crippen molar-refractivity contribution in [1.29, 1.82) is 0 Å². The molecule has 0 aliphatic rings. The van der Waals surface area contributed by atoms with Crippen molar-refractivity contribution in [3.63, 3.8) is 0 Å². The molecule has 0 bridgehead atoms. The summed E-state index contributed by atoms with van der Waals surface area (Å²) in [5.41, 5.74) is 5.25. The zero-order valence-electron chi connectivity index (χ0n) is 12.4. The number of hydrogen-bond donors (Lipinski definition) is 2. The van der Waals surface area contributed by atoms with Crippen LogP contribution in [0.15, 0.2) is 29.3 Å². The lowest BCUT2D eigenvalue weighted by Gasteiger charge is -2.10. The Kier molecular flexibility index (Phi) is 7.31. The van der Waals surface area contributed by atoms with Crippen molar-refractivity contribution in [2.75, 3.05) is 5.32 Å². The number of anilines is 1. The van der Waals surface area contributed by atoms with Gasteiger partial charge in [-0.25, -0.2) is 4.99 Å². The number of amidine groups is 1. The molecule has 0 atom stereocenters. The third kappa shape index (κ3) is 6.89. The van der Waals surface area contributed by atoms with Gasteiger partial charge in [0.1, 0.15) is 5.84 Å². The van der Waals surface area contributed by atoms with E-state index in [9.17, 15) is 13.2 Å². The second-order valence-electron chi connectivity index (χ2n) is 4.92. The number of benzene rings is 1. The largest absolute Gasteiger partial charge is 0.416 e. The predicted molar refractivity (Wildman–Crippen MR) is 88.0 cm³/mol. The molecule has 0 saturated carbocycles. The van der Waals surface area contributed by atoms with Crippen LogP contribution in [0, 0.1) is 0 Å². The van der Waals surface area contributed by atoms with Crippen LogP contribution in [0.2, 0.25) is 0 Å². The summed E-state index contributed by atoms with van der Waals surface area (Å²) in [4.78, 5) is 4.00. The first-order chi connectivity index (χ1) is 10.3. The molecule has 1 rings (SSSR count). The average molecular weight is 331 g/mol. The van der Waals surface area contributed by atoms with E-state index in [4.69, 9.17) is 18.0 Å². The molecule has 7 heteroatoms. The lowest BCUT2D eigenvalue weighted by atomic mass is 10.1. The summed E-state index contributed by atoms with van der Waals surface area (Å²) in [6.45, 7) is 2.12. The number of hydrogen-bond acceptors (Lipinski definition) is 1. The number of alkyl halides is 3. The highest BCUT2D eigenvalue weighted by Gasteiger charge is 2.30. The highest BCUT2D eigenvalue weighted by atomic mass is 32.1. The molecule has 0 amide bonds. The second-order valence-corrected chi connectivity index (χ2v) is 5.31. The number of nitrogens with two attached hydrogens (primary N) is 1. The van der Waals surface area contributed by atoms with E-state index in [0.717, 1.165) is 37.8 Å². The minimum atomic E-state index is -4.39. The summed E-state index contributed by atoms with van der Waals surface area (Å²) in [6.07, 6.45) is 0.508. The molecule has 0 radical (unpaired) electrons. The normalized spacial score (nSPS) is 12.3. The molecular weight excluding hydrogens is 311 g/mol. The molecule has 122 valence electrons. The monoisotopic (exact) mass is 331 g/mol. The minimum absolute atomic E-state index is 0.0623.